The summed E-state index contributed by atoms with van der Waals surface area (Å²) in [6.45, 7) is 3.18. The Labute approximate surface area is 144 Å². The fraction of sp³-hybridized carbons (Fsp3) is 0.667. The highest BCUT2D eigenvalue weighted by Crippen LogP contribution is 2.29. The average molecular weight is 351 g/mol. The van der Waals surface area contributed by atoms with Crippen molar-refractivity contribution in [3.05, 3.63) is 11.4 Å². The number of hydrogen-bond donors (Lipinski definition) is 1. The van der Waals surface area contributed by atoms with Crippen LogP contribution in [0.3, 0.4) is 0 Å². The first-order valence-corrected chi connectivity index (χ1v) is 8.13. The monoisotopic (exact) mass is 351 g/mol. The number of aromatic nitrogens is 2. The maximum Gasteiger partial charge on any atom is 0.275 e. The van der Waals surface area contributed by atoms with Crippen LogP contribution < -0.4 is 5.32 Å². The number of likely N-dealkylation sites (tertiary alicyclic amines) is 1. The summed E-state index contributed by atoms with van der Waals surface area (Å²) in [6, 6.07) is 0. The van der Waals surface area contributed by atoms with Gasteiger partial charge in [0.05, 0.1) is 12.1 Å². The molecule has 1 aromatic heterocycles. The minimum absolute atomic E-state index is 0.0236. The van der Waals surface area contributed by atoms with Crippen LogP contribution in [0.5, 0.6) is 0 Å². The van der Waals surface area contributed by atoms with Crippen LogP contribution in [0, 0.1) is 6.92 Å². The molecule has 2 aliphatic rings. The predicted octanol–water partition coefficient (Wildman–Crippen LogP) is -1.04. The van der Waals surface area contributed by atoms with E-state index in [0.717, 1.165) is 0 Å². The number of amides is 3. The van der Waals surface area contributed by atoms with E-state index < -0.39 is 5.91 Å². The number of piperidine rings is 1. The van der Waals surface area contributed by atoms with E-state index in [4.69, 9.17) is 4.74 Å². The Balaban J connectivity index is 1.48. The van der Waals surface area contributed by atoms with E-state index in [0.29, 0.717) is 38.2 Å². The summed E-state index contributed by atoms with van der Waals surface area (Å²) >= 11 is 0. The van der Waals surface area contributed by atoms with E-state index in [1.54, 1.807) is 23.8 Å². The number of hydrogen-bond acceptors (Lipinski definition) is 7. The van der Waals surface area contributed by atoms with Gasteiger partial charge in [-0.2, -0.15) is 0 Å². The third-order valence-electron chi connectivity index (χ3n) is 4.75. The molecule has 10 nitrogen and oxygen atoms in total. The molecule has 1 aromatic rings. The van der Waals surface area contributed by atoms with Crippen LogP contribution in [0.1, 0.15) is 29.0 Å². The van der Waals surface area contributed by atoms with E-state index in [-0.39, 0.29) is 36.3 Å². The van der Waals surface area contributed by atoms with Gasteiger partial charge in [0.1, 0.15) is 12.3 Å². The summed E-state index contributed by atoms with van der Waals surface area (Å²) < 4.78 is 10.2. The molecule has 2 aliphatic heterocycles. The summed E-state index contributed by atoms with van der Waals surface area (Å²) in [7, 11) is 1.76. The molecule has 0 aromatic carbocycles. The molecular formula is C15H21N5O5. The number of rotatable bonds is 3. The van der Waals surface area contributed by atoms with E-state index >= 15 is 0 Å². The second-order valence-corrected chi connectivity index (χ2v) is 6.48. The molecule has 1 N–H and O–H groups in total. The highest BCUT2D eigenvalue weighted by molar-refractivity contribution is 5.95. The minimum atomic E-state index is -0.490. The van der Waals surface area contributed by atoms with Gasteiger partial charge >= 0.3 is 0 Å². The van der Waals surface area contributed by atoms with Crippen LogP contribution in [-0.4, -0.2) is 83.3 Å². The second-order valence-electron chi connectivity index (χ2n) is 6.48. The van der Waals surface area contributed by atoms with Crippen LogP contribution >= 0.6 is 0 Å². The third-order valence-corrected chi connectivity index (χ3v) is 4.75. The summed E-state index contributed by atoms with van der Waals surface area (Å²) in [6.07, 6.45) is 1.33. The Bertz CT molecular complexity index is 680. The molecule has 1 spiro atoms. The first-order valence-electron chi connectivity index (χ1n) is 8.13. The van der Waals surface area contributed by atoms with Crippen LogP contribution in [-0.2, 0) is 14.3 Å². The highest BCUT2D eigenvalue weighted by atomic mass is 16.6. The van der Waals surface area contributed by atoms with Crippen molar-refractivity contribution in [1.29, 1.82) is 0 Å². The maximum absolute atomic E-state index is 12.3. The smallest absolute Gasteiger partial charge is 0.275 e. The Morgan fingerprint density at radius 1 is 1.28 bits per heavy atom. The quantitative estimate of drug-likeness (QED) is 0.739. The summed E-state index contributed by atoms with van der Waals surface area (Å²) in [5.41, 5.74) is 0.0818. The number of nitrogens with zero attached hydrogens (tertiary/aromatic N) is 4. The molecule has 2 fully saturated rings. The Morgan fingerprint density at radius 2 is 2.00 bits per heavy atom. The zero-order valence-electron chi connectivity index (χ0n) is 14.3. The van der Waals surface area contributed by atoms with Crippen molar-refractivity contribution in [2.75, 3.05) is 39.8 Å². The first kappa shape index (κ1) is 17.3. The molecule has 10 heteroatoms. The van der Waals surface area contributed by atoms with E-state index in [1.165, 1.54) is 0 Å². The van der Waals surface area contributed by atoms with E-state index in [2.05, 4.69) is 20.3 Å². The number of morpholine rings is 1. The van der Waals surface area contributed by atoms with Crippen LogP contribution in [0.25, 0.3) is 0 Å². The van der Waals surface area contributed by atoms with Crippen molar-refractivity contribution >= 4 is 17.7 Å². The number of likely N-dealkylation sites (N-methyl/N-ethyl adjacent to an activating group) is 1. The second kappa shape index (κ2) is 6.79. The van der Waals surface area contributed by atoms with Gasteiger partial charge in [0, 0.05) is 26.7 Å². The molecule has 3 heterocycles. The van der Waals surface area contributed by atoms with Crippen molar-refractivity contribution in [2.24, 2.45) is 0 Å². The van der Waals surface area contributed by atoms with Gasteiger partial charge in [-0.25, -0.2) is 4.63 Å². The van der Waals surface area contributed by atoms with Gasteiger partial charge < -0.3 is 19.9 Å². The number of aryl methyl sites for hydroxylation is 1. The summed E-state index contributed by atoms with van der Waals surface area (Å²) in [5.74, 6) is -0.682. The zero-order valence-corrected chi connectivity index (χ0v) is 14.3. The van der Waals surface area contributed by atoms with Gasteiger partial charge in [0.15, 0.2) is 5.69 Å². The lowest BCUT2D eigenvalue weighted by molar-refractivity contribution is -0.170. The first-order chi connectivity index (χ1) is 11.9. The number of carbonyl (C=O) groups is 3. The molecule has 0 bridgehead atoms. The maximum atomic E-state index is 12.3. The molecule has 0 aliphatic carbocycles. The van der Waals surface area contributed by atoms with Crippen molar-refractivity contribution in [1.82, 2.24) is 25.4 Å². The summed E-state index contributed by atoms with van der Waals surface area (Å²) in [5, 5.41) is 9.57. The standard InChI is InChI=1S/C15H21N5O5/c1-10-13(18-25-17-10)14(23)16-7-11(21)20-5-3-15(4-6-20)9-19(2)12(22)8-24-15/h3-9H2,1-2H3,(H,16,23). The van der Waals surface area contributed by atoms with Gasteiger partial charge in [0.25, 0.3) is 5.91 Å². The molecule has 0 saturated carbocycles. The normalized spacial score (nSPS) is 20.0. The topological polar surface area (TPSA) is 118 Å². The molecule has 0 unspecified atom stereocenters. The number of carbonyl (C=O) groups excluding carboxylic acids is 3. The van der Waals surface area contributed by atoms with Crippen LogP contribution in [0.15, 0.2) is 4.63 Å². The van der Waals surface area contributed by atoms with Gasteiger partial charge in [-0.05, 0) is 24.9 Å². The Hall–Kier alpha value is -2.49. The number of ether oxygens (including phenoxy) is 1. The van der Waals surface area contributed by atoms with Gasteiger partial charge in [-0.1, -0.05) is 5.16 Å². The highest BCUT2D eigenvalue weighted by Gasteiger charge is 2.41. The average Bonchev–Trinajstić information content (AvgIpc) is 3.03. The lowest BCUT2D eigenvalue weighted by Crippen LogP contribution is -2.58. The van der Waals surface area contributed by atoms with Crippen molar-refractivity contribution in [3.8, 4) is 0 Å². The molecule has 2 saturated heterocycles. The molecule has 3 amide bonds. The predicted molar refractivity (Wildman–Crippen MR) is 83.5 cm³/mol. The van der Waals surface area contributed by atoms with E-state index in [1.807, 2.05) is 0 Å². The SMILES string of the molecule is Cc1nonc1C(=O)NCC(=O)N1CCC2(CC1)CN(C)C(=O)CO2. The van der Waals surface area contributed by atoms with Crippen molar-refractivity contribution in [2.45, 2.75) is 25.4 Å². The fourth-order valence-corrected chi connectivity index (χ4v) is 3.15. The minimum Gasteiger partial charge on any atom is -0.363 e. The van der Waals surface area contributed by atoms with Gasteiger partial charge in [-0.3, -0.25) is 14.4 Å². The van der Waals surface area contributed by atoms with Gasteiger partial charge in [-0.15, -0.1) is 0 Å². The lowest BCUT2D eigenvalue weighted by atomic mass is 9.89. The zero-order chi connectivity index (χ0) is 18.0. The fourth-order valence-electron chi connectivity index (χ4n) is 3.15. The Kier molecular flexibility index (Phi) is 4.71. The molecule has 0 atom stereocenters. The van der Waals surface area contributed by atoms with Crippen molar-refractivity contribution < 1.29 is 23.7 Å². The van der Waals surface area contributed by atoms with Gasteiger partial charge in [0.2, 0.25) is 11.8 Å². The lowest BCUT2D eigenvalue weighted by Gasteiger charge is -2.46. The number of nitrogens with one attached hydrogen (secondary N) is 1. The largest absolute Gasteiger partial charge is 0.363 e. The van der Waals surface area contributed by atoms with Crippen molar-refractivity contribution in [3.63, 3.8) is 0 Å². The van der Waals surface area contributed by atoms with Crippen LogP contribution in [0.2, 0.25) is 0 Å². The van der Waals surface area contributed by atoms with Crippen LogP contribution in [0.4, 0.5) is 0 Å². The molecule has 136 valence electrons. The molecule has 3 rings (SSSR count). The third kappa shape index (κ3) is 3.63. The molecular weight excluding hydrogens is 330 g/mol. The Morgan fingerprint density at radius 3 is 2.60 bits per heavy atom. The van der Waals surface area contributed by atoms with E-state index in [9.17, 15) is 14.4 Å². The molecule has 25 heavy (non-hydrogen) atoms. The summed E-state index contributed by atoms with van der Waals surface area (Å²) in [4.78, 5) is 39.1. The molecule has 0 radical (unpaired) electrons.